The summed E-state index contributed by atoms with van der Waals surface area (Å²) in [4.78, 5) is 6.70. The van der Waals surface area contributed by atoms with Gasteiger partial charge in [0.25, 0.3) is 0 Å². The Hall–Kier alpha value is -2.42. The molecule has 1 aliphatic heterocycles. The molecular formula is C19H23Cl2N7O. The van der Waals surface area contributed by atoms with Gasteiger partial charge in [0.05, 0.1) is 12.4 Å². The molecule has 0 spiro atoms. The summed E-state index contributed by atoms with van der Waals surface area (Å²) in [6.07, 6.45) is 7.82. The molecule has 3 N–H and O–H groups in total. The normalized spacial score (nSPS) is 18.6. The first-order chi connectivity index (χ1) is 13.3. The maximum absolute atomic E-state index is 10.4. The minimum absolute atomic E-state index is 0. The minimum Gasteiger partial charge on any atom is -0.507 e. The van der Waals surface area contributed by atoms with Crippen molar-refractivity contribution < 1.29 is 5.11 Å². The van der Waals surface area contributed by atoms with E-state index < -0.39 is 0 Å². The standard InChI is InChI=1S/C19H21N7O.2ClH/c27-18-7-13(14-8-22-23-9-14)3-4-15(18)16-10-21-19(25-24-16)26-6-5-20-17(11-26)12-1-2-12;;/h3-4,7-10,12,17,20,27H,1-2,5-6,11H2,(H,22,23);2*1H/t17-;;/m1../s1. The molecule has 0 radical (unpaired) electrons. The van der Waals surface area contributed by atoms with Crippen LogP contribution >= 0.6 is 24.8 Å². The highest BCUT2D eigenvalue weighted by Gasteiger charge is 2.34. The van der Waals surface area contributed by atoms with Gasteiger partial charge < -0.3 is 15.3 Å². The van der Waals surface area contributed by atoms with Crippen molar-refractivity contribution in [2.24, 2.45) is 5.92 Å². The zero-order valence-corrected chi connectivity index (χ0v) is 17.3. The fourth-order valence-corrected chi connectivity index (χ4v) is 3.65. The van der Waals surface area contributed by atoms with E-state index >= 15 is 0 Å². The smallest absolute Gasteiger partial charge is 0.245 e. The molecule has 8 nitrogen and oxygen atoms in total. The van der Waals surface area contributed by atoms with Gasteiger partial charge in [0.2, 0.25) is 5.95 Å². The predicted molar refractivity (Wildman–Crippen MR) is 116 cm³/mol. The van der Waals surface area contributed by atoms with E-state index in [0.717, 1.165) is 36.7 Å². The Morgan fingerprint density at radius 1 is 1.07 bits per heavy atom. The van der Waals surface area contributed by atoms with Gasteiger partial charge in [0, 0.05) is 43.0 Å². The number of hydrogen-bond acceptors (Lipinski definition) is 7. The second-order valence-electron chi connectivity index (χ2n) is 7.21. The van der Waals surface area contributed by atoms with Crippen LogP contribution in [0.25, 0.3) is 22.4 Å². The quantitative estimate of drug-likeness (QED) is 0.578. The van der Waals surface area contributed by atoms with E-state index in [9.17, 15) is 5.11 Å². The lowest BCUT2D eigenvalue weighted by Crippen LogP contribution is -2.52. The highest BCUT2D eigenvalue weighted by molar-refractivity contribution is 5.85. The Morgan fingerprint density at radius 2 is 1.93 bits per heavy atom. The van der Waals surface area contributed by atoms with Gasteiger partial charge in [-0.25, -0.2) is 4.98 Å². The number of hydrogen-bond donors (Lipinski definition) is 3. The number of phenols is 1. The van der Waals surface area contributed by atoms with Crippen LogP contribution in [0.15, 0.2) is 36.8 Å². The lowest BCUT2D eigenvalue weighted by atomic mass is 10.0. The molecule has 1 aromatic carbocycles. The van der Waals surface area contributed by atoms with Gasteiger partial charge in [-0.1, -0.05) is 6.07 Å². The van der Waals surface area contributed by atoms with Crippen LogP contribution in [0.4, 0.5) is 5.95 Å². The monoisotopic (exact) mass is 435 g/mol. The van der Waals surface area contributed by atoms with Crippen molar-refractivity contribution in [2.45, 2.75) is 18.9 Å². The Bertz CT molecular complexity index is 932. The van der Waals surface area contributed by atoms with Crippen LogP contribution in [0.1, 0.15) is 12.8 Å². The first-order valence-electron chi connectivity index (χ1n) is 9.28. The van der Waals surface area contributed by atoms with E-state index in [1.807, 2.05) is 12.1 Å². The van der Waals surface area contributed by atoms with E-state index in [0.29, 0.717) is 23.2 Å². The average Bonchev–Trinajstić information content (AvgIpc) is 3.42. The van der Waals surface area contributed by atoms with Gasteiger partial charge >= 0.3 is 0 Å². The summed E-state index contributed by atoms with van der Waals surface area (Å²) in [5, 5.41) is 29.3. The molecule has 10 heteroatoms. The highest BCUT2D eigenvalue weighted by atomic mass is 35.5. The summed E-state index contributed by atoms with van der Waals surface area (Å²) in [6, 6.07) is 5.98. The molecule has 0 amide bonds. The molecule has 3 heterocycles. The minimum atomic E-state index is 0. The van der Waals surface area contributed by atoms with Gasteiger partial charge in [0.15, 0.2) is 0 Å². The number of piperazine rings is 1. The molecule has 5 rings (SSSR count). The summed E-state index contributed by atoms with van der Waals surface area (Å²) in [5.41, 5.74) is 2.98. The molecule has 3 aromatic rings. The molecule has 29 heavy (non-hydrogen) atoms. The third kappa shape index (κ3) is 4.44. The van der Waals surface area contributed by atoms with Gasteiger partial charge in [0.1, 0.15) is 11.4 Å². The van der Waals surface area contributed by atoms with Crippen molar-refractivity contribution in [1.29, 1.82) is 0 Å². The van der Waals surface area contributed by atoms with Crippen molar-refractivity contribution in [3.8, 4) is 28.1 Å². The van der Waals surface area contributed by atoms with Crippen molar-refractivity contribution in [3.63, 3.8) is 0 Å². The first-order valence-corrected chi connectivity index (χ1v) is 9.28. The maximum Gasteiger partial charge on any atom is 0.245 e. The van der Waals surface area contributed by atoms with E-state index in [1.165, 1.54) is 12.8 Å². The molecule has 2 aliphatic rings. The molecule has 2 fully saturated rings. The Labute approximate surface area is 181 Å². The summed E-state index contributed by atoms with van der Waals surface area (Å²) in [7, 11) is 0. The number of phenolic OH excluding ortho intramolecular Hbond substituents is 1. The molecule has 1 atom stereocenters. The topological polar surface area (TPSA) is 103 Å². The second kappa shape index (κ2) is 8.94. The Kier molecular flexibility index (Phi) is 6.56. The van der Waals surface area contributed by atoms with Crippen LogP contribution in [0.3, 0.4) is 0 Å². The van der Waals surface area contributed by atoms with Crippen molar-refractivity contribution in [2.75, 3.05) is 24.5 Å². The van der Waals surface area contributed by atoms with Crippen molar-refractivity contribution in [1.82, 2.24) is 30.7 Å². The summed E-state index contributed by atoms with van der Waals surface area (Å²) < 4.78 is 0. The van der Waals surface area contributed by atoms with Gasteiger partial charge in [-0.2, -0.15) is 5.10 Å². The molecule has 1 aliphatic carbocycles. The number of benzene rings is 1. The SMILES string of the molecule is Cl.Cl.Oc1cc(-c2cn[nH]c2)ccc1-c1cnc(N2CCN[C@@H](C3CC3)C2)nn1. The van der Waals surface area contributed by atoms with Crippen LogP contribution < -0.4 is 10.2 Å². The average molecular weight is 436 g/mol. The number of aromatic nitrogens is 5. The number of rotatable bonds is 4. The summed E-state index contributed by atoms with van der Waals surface area (Å²) >= 11 is 0. The third-order valence-electron chi connectivity index (χ3n) is 5.33. The molecular weight excluding hydrogens is 413 g/mol. The molecule has 154 valence electrons. The Balaban J connectivity index is 0.00000120. The van der Waals surface area contributed by atoms with Crippen LogP contribution in [-0.2, 0) is 0 Å². The van der Waals surface area contributed by atoms with E-state index in [4.69, 9.17) is 0 Å². The number of aromatic amines is 1. The van der Waals surface area contributed by atoms with E-state index in [-0.39, 0.29) is 30.6 Å². The van der Waals surface area contributed by atoms with Crippen LogP contribution in [0.2, 0.25) is 0 Å². The lowest BCUT2D eigenvalue weighted by Gasteiger charge is -2.33. The Morgan fingerprint density at radius 3 is 2.59 bits per heavy atom. The number of aromatic hydroxyl groups is 1. The van der Waals surface area contributed by atoms with Crippen molar-refractivity contribution in [3.05, 3.63) is 36.8 Å². The molecule has 0 bridgehead atoms. The zero-order valence-electron chi connectivity index (χ0n) is 15.7. The first kappa shape index (κ1) is 21.3. The van der Waals surface area contributed by atoms with Crippen LogP contribution in [0, 0.1) is 5.92 Å². The lowest BCUT2D eigenvalue weighted by molar-refractivity contribution is 0.414. The number of anilines is 1. The number of halogens is 2. The molecule has 1 saturated heterocycles. The van der Waals surface area contributed by atoms with Crippen molar-refractivity contribution >= 4 is 30.8 Å². The second-order valence-corrected chi connectivity index (χ2v) is 7.21. The molecule has 1 saturated carbocycles. The predicted octanol–water partition coefficient (Wildman–Crippen LogP) is 2.67. The molecule has 2 aromatic heterocycles. The van der Waals surface area contributed by atoms with Gasteiger partial charge in [-0.15, -0.1) is 35.0 Å². The van der Waals surface area contributed by atoms with Gasteiger partial charge in [-0.05, 0) is 36.5 Å². The zero-order chi connectivity index (χ0) is 18.2. The fourth-order valence-electron chi connectivity index (χ4n) is 3.65. The van der Waals surface area contributed by atoms with Gasteiger partial charge in [-0.3, -0.25) is 5.10 Å². The van der Waals surface area contributed by atoms with Crippen LogP contribution in [0.5, 0.6) is 5.75 Å². The third-order valence-corrected chi connectivity index (χ3v) is 5.33. The number of nitrogens with zero attached hydrogens (tertiary/aromatic N) is 5. The van der Waals surface area contributed by atoms with Crippen LogP contribution in [-0.4, -0.2) is 56.2 Å². The fraction of sp³-hybridized carbons (Fsp3) is 0.368. The van der Waals surface area contributed by atoms with E-state index in [1.54, 1.807) is 24.7 Å². The highest BCUT2D eigenvalue weighted by Crippen LogP contribution is 2.34. The summed E-state index contributed by atoms with van der Waals surface area (Å²) in [6.45, 7) is 2.76. The maximum atomic E-state index is 10.4. The number of nitrogens with one attached hydrogen (secondary N) is 2. The number of H-pyrrole nitrogens is 1. The van der Waals surface area contributed by atoms with E-state index in [2.05, 4.69) is 35.6 Å². The molecule has 0 unspecified atom stereocenters. The largest absolute Gasteiger partial charge is 0.507 e. The summed E-state index contributed by atoms with van der Waals surface area (Å²) in [5.74, 6) is 1.60.